The zero-order valence-corrected chi connectivity index (χ0v) is 15.8. The van der Waals surface area contributed by atoms with Gasteiger partial charge in [-0.15, -0.1) is 11.2 Å². The molecule has 0 aromatic carbocycles. The zero-order chi connectivity index (χ0) is 11.8. The van der Waals surface area contributed by atoms with E-state index in [0.29, 0.717) is 0 Å². The van der Waals surface area contributed by atoms with E-state index in [0.717, 1.165) is 25.7 Å². The molecular formula is C12H26BaO2. The summed E-state index contributed by atoms with van der Waals surface area (Å²) in [6.45, 7) is 11.2. The van der Waals surface area contributed by atoms with Gasteiger partial charge in [-0.3, -0.25) is 0 Å². The van der Waals surface area contributed by atoms with Crippen molar-refractivity contribution in [2.45, 2.75) is 78.4 Å². The molecular weight excluding hydrogens is 313 g/mol. The Labute approximate surface area is 136 Å². The van der Waals surface area contributed by atoms with Crippen molar-refractivity contribution < 1.29 is 10.2 Å². The minimum absolute atomic E-state index is 0. The van der Waals surface area contributed by atoms with E-state index >= 15 is 0 Å². The van der Waals surface area contributed by atoms with Crippen LogP contribution in [0.25, 0.3) is 0 Å². The molecule has 0 fully saturated rings. The molecule has 0 rings (SSSR count). The van der Waals surface area contributed by atoms with Crippen molar-refractivity contribution in [1.29, 1.82) is 0 Å². The summed E-state index contributed by atoms with van der Waals surface area (Å²) < 4.78 is 0. The molecule has 0 aliphatic carbocycles. The zero-order valence-electron chi connectivity index (χ0n) is 11.4. The second-order valence-electron chi connectivity index (χ2n) is 4.31. The van der Waals surface area contributed by atoms with Gasteiger partial charge in [-0.05, 0) is 0 Å². The summed E-state index contributed by atoms with van der Waals surface area (Å²) in [5.74, 6) is 0. The van der Waals surface area contributed by atoms with E-state index in [1.807, 2.05) is 27.7 Å². The third-order valence-electron chi connectivity index (χ3n) is 2.99. The number of hydrogen-bond acceptors (Lipinski definition) is 2. The Morgan fingerprint density at radius 1 is 0.667 bits per heavy atom. The van der Waals surface area contributed by atoms with Gasteiger partial charge in [0.15, 0.2) is 0 Å². The minimum atomic E-state index is -0.667. The van der Waals surface area contributed by atoms with Gasteiger partial charge in [-0.25, -0.2) is 0 Å². The maximum Gasteiger partial charge on any atom is 2.00 e. The number of rotatable bonds is 4. The molecule has 0 saturated heterocycles. The van der Waals surface area contributed by atoms with Crippen LogP contribution >= 0.6 is 0 Å². The van der Waals surface area contributed by atoms with Crippen molar-refractivity contribution >= 4 is 48.9 Å². The predicted octanol–water partition coefficient (Wildman–Crippen LogP) is 1.47. The van der Waals surface area contributed by atoms with Gasteiger partial charge in [-0.2, -0.15) is 0 Å². The third kappa shape index (κ3) is 15.5. The first-order chi connectivity index (χ1) is 6.24. The molecule has 0 aromatic rings. The summed E-state index contributed by atoms with van der Waals surface area (Å²) in [6.07, 6.45) is 2.96. The van der Waals surface area contributed by atoms with E-state index in [9.17, 15) is 10.2 Å². The average molecular weight is 340 g/mol. The van der Waals surface area contributed by atoms with Gasteiger partial charge in [0.1, 0.15) is 0 Å². The summed E-state index contributed by atoms with van der Waals surface area (Å²) in [5.41, 5.74) is -1.33. The van der Waals surface area contributed by atoms with Crippen LogP contribution in [0.15, 0.2) is 0 Å². The first kappa shape index (κ1) is 21.7. The summed E-state index contributed by atoms with van der Waals surface area (Å²) in [6, 6.07) is 0. The second kappa shape index (κ2) is 10.6. The molecule has 2 nitrogen and oxygen atoms in total. The summed E-state index contributed by atoms with van der Waals surface area (Å²) in [4.78, 5) is 0. The van der Waals surface area contributed by atoms with Gasteiger partial charge in [0, 0.05) is 0 Å². The first-order valence-corrected chi connectivity index (χ1v) is 5.65. The Balaban J connectivity index is -0.000000180. The minimum Gasteiger partial charge on any atom is -0.850 e. The van der Waals surface area contributed by atoms with Crippen molar-refractivity contribution in [3.05, 3.63) is 0 Å². The van der Waals surface area contributed by atoms with E-state index in [2.05, 4.69) is 0 Å². The second-order valence-corrected chi connectivity index (χ2v) is 4.31. The Bertz CT molecular complexity index is 106. The van der Waals surface area contributed by atoms with Crippen LogP contribution in [0.2, 0.25) is 0 Å². The van der Waals surface area contributed by atoms with Crippen LogP contribution in [0, 0.1) is 0 Å². The predicted molar refractivity (Wildman–Crippen MR) is 63.7 cm³/mol. The SMILES string of the molecule is CCC(C)([O-])CC.CCC(C)([O-])CC.[Ba+2]. The molecule has 88 valence electrons. The average Bonchev–Trinajstić information content (AvgIpc) is 2.19. The molecule has 0 amide bonds. The van der Waals surface area contributed by atoms with Crippen molar-refractivity contribution in [1.82, 2.24) is 0 Å². The van der Waals surface area contributed by atoms with Crippen molar-refractivity contribution in [3.63, 3.8) is 0 Å². The van der Waals surface area contributed by atoms with E-state index in [1.165, 1.54) is 0 Å². The van der Waals surface area contributed by atoms with Gasteiger partial charge < -0.3 is 10.2 Å². The molecule has 0 bridgehead atoms. The molecule has 3 heteroatoms. The van der Waals surface area contributed by atoms with E-state index in [-0.39, 0.29) is 48.9 Å². The van der Waals surface area contributed by atoms with Gasteiger partial charge in [-0.1, -0.05) is 67.2 Å². The molecule has 0 spiro atoms. The molecule has 0 radical (unpaired) electrons. The fourth-order valence-corrected chi connectivity index (χ4v) is 0.500. The molecule has 0 unspecified atom stereocenters. The van der Waals surface area contributed by atoms with Crippen LogP contribution in [-0.4, -0.2) is 60.1 Å². The largest absolute Gasteiger partial charge is 2.00 e. The van der Waals surface area contributed by atoms with E-state index in [4.69, 9.17) is 0 Å². The molecule has 0 heterocycles. The monoisotopic (exact) mass is 340 g/mol. The maximum atomic E-state index is 10.8. The van der Waals surface area contributed by atoms with Crippen LogP contribution in [0.4, 0.5) is 0 Å². The van der Waals surface area contributed by atoms with Crippen LogP contribution < -0.4 is 10.2 Å². The molecule has 0 N–H and O–H groups in total. The molecule has 0 atom stereocenters. The summed E-state index contributed by atoms with van der Waals surface area (Å²) in [5, 5.41) is 21.7. The van der Waals surface area contributed by atoms with Crippen LogP contribution in [0.5, 0.6) is 0 Å². The Kier molecular flexibility index (Phi) is 15.4. The maximum absolute atomic E-state index is 10.8. The van der Waals surface area contributed by atoms with Gasteiger partial charge in [0.2, 0.25) is 0 Å². The Hall–Kier alpha value is 1.49. The quantitative estimate of drug-likeness (QED) is 0.728. The van der Waals surface area contributed by atoms with Gasteiger partial charge >= 0.3 is 48.9 Å². The van der Waals surface area contributed by atoms with Crippen molar-refractivity contribution in [2.75, 3.05) is 0 Å². The topological polar surface area (TPSA) is 46.1 Å². The van der Waals surface area contributed by atoms with Gasteiger partial charge in [0.05, 0.1) is 0 Å². The standard InChI is InChI=1S/2C6H13O.Ba/c2*1-4-6(3,7)5-2;/h2*4-5H2,1-3H3;/q2*-1;+2. The van der Waals surface area contributed by atoms with Gasteiger partial charge in [0.25, 0.3) is 0 Å². The smallest absolute Gasteiger partial charge is 0.850 e. The van der Waals surface area contributed by atoms with E-state index < -0.39 is 11.2 Å². The molecule has 0 saturated carbocycles. The fraction of sp³-hybridized carbons (Fsp3) is 1.00. The first-order valence-electron chi connectivity index (χ1n) is 5.65. The Morgan fingerprint density at radius 2 is 0.800 bits per heavy atom. The van der Waals surface area contributed by atoms with E-state index in [1.54, 1.807) is 13.8 Å². The van der Waals surface area contributed by atoms with Crippen LogP contribution in [0.3, 0.4) is 0 Å². The van der Waals surface area contributed by atoms with Crippen molar-refractivity contribution in [3.8, 4) is 0 Å². The fourth-order valence-electron chi connectivity index (χ4n) is 0.500. The Morgan fingerprint density at radius 3 is 0.800 bits per heavy atom. The molecule has 15 heavy (non-hydrogen) atoms. The molecule has 0 aliphatic heterocycles. The normalized spacial score (nSPS) is 11.2. The van der Waals surface area contributed by atoms with Crippen LogP contribution in [0.1, 0.15) is 67.2 Å². The summed E-state index contributed by atoms with van der Waals surface area (Å²) >= 11 is 0. The van der Waals surface area contributed by atoms with Crippen LogP contribution in [-0.2, 0) is 0 Å². The summed E-state index contributed by atoms with van der Waals surface area (Å²) in [7, 11) is 0. The molecule has 0 aromatic heterocycles. The third-order valence-corrected chi connectivity index (χ3v) is 2.99. The number of hydrogen-bond donors (Lipinski definition) is 0. The molecule has 0 aliphatic rings. The van der Waals surface area contributed by atoms with Crippen molar-refractivity contribution in [2.24, 2.45) is 0 Å².